The van der Waals surface area contributed by atoms with Crippen LogP contribution in [-0.4, -0.2) is 53.3 Å². The van der Waals surface area contributed by atoms with Crippen LogP contribution in [0.15, 0.2) is 46.2 Å². The van der Waals surface area contributed by atoms with Crippen LogP contribution in [0.1, 0.15) is 23.2 Å². The van der Waals surface area contributed by atoms with Gasteiger partial charge >= 0.3 is 5.69 Å². The zero-order valence-electron chi connectivity index (χ0n) is 15.2. The number of fused-ring (bicyclic) bond motifs is 1. The molecule has 3 aromatic rings. The summed E-state index contributed by atoms with van der Waals surface area (Å²) in [5.74, 6) is -0.974. The lowest BCUT2D eigenvalue weighted by Gasteiger charge is -2.33. The van der Waals surface area contributed by atoms with Crippen molar-refractivity contribution in [3.05, 3.63) is 58.4 Å². The standard InChI is InChI=1S/C18H18FN5O4S/c19-11-3-1-5-13(9-11)29(27,28)23-12-4-2-8-24(10-12)17(25)14-6-7-20-16-15(14)21-18(26)22-16/h1,3,5-7,9,12,23H,2,4,8,10H2,(H2,20,21,22,26). The van der Waals surface area contributed by atoms with Crippen molar-refractivity contribution in [2.45, 2.75) is 23.8 Å². The van der Waals surface area contributed by atoms with Gasteiger partial charge in [0.15, 0.2) is 5.65 Å². The molecule has 1 atom stereocenters. The predicted octanol–water partition coefficient (Wildman–Crippen LogP) is 0.973. The molecule has 1 aromatic carbocycles. The third-order valence-electron chi connectivity index (χ3n) is 4.79. The molecule has 9 nitrogen and oxygen atoms in total. The van der Waals surface area contributed by atoms with Gasteiger partial charge in [0.05, 0.1) is 16.0 Å². The number of carbonyl (C=O) groups excluding carboxylic acids is 1. The van der Waals surface area contributed by atoms with Gasteiger partial charge < -0.3 is 9.88 Å². The van der Waals surface area contributed by atoms with E-state index in [0.717, 1.165) is 6.07 Å². The highest BCUT2D eigenvalue weighted by Crippen LogP contribution is 2.19. The lowest BCUT2D eigenvalue weighted by atomic mass is 10.1. The number of aromatic amines is 2. The average Bonchev–Trinajstić information content (AvgIpc) is 3.07. The fraction of sp³-hybridized carbons (Fsp3) is 0.278. The summed E-state index contributed by atoms with van der Waals surface area (Å²) in [6.45, 7) is 0.612. The largest absolute Gasteiger partial charge is 0.337 e. The third kappa shape index (κ3) is 3.91. The number of likely N-dealkylation sites (tertiary alicyclic amines) is 1. The number of amides is 1. The van der Waals surface area contributed by atoms with Crippen LogP contribution in [0.2, 0.25) is 0 Å². The topological polar surface area (TPSA) is 128 Å². The fourth-order valence-corrected chi connectivity index (χ4v) is 4.76. The second-order valence-corrected chi connectivity index (χ2v) is 8.54. The molecule has 0 aliphatic carbocycles. The Hall–Kier alpha value is -3.05. The summed E-state index contributed by atoms with van der Waals surface area (Å²) in [7, 11) is -3.92. The van der Waals surface area contributed by atoms with E-state index in [-0.39, 0.29) is 28.6 Å². The normalized spacial score (nSPS) is 17.6. The van der Waals surface area contributed by atoms with E-state index < -0.39 is 27.6 Å². The number of sulfonamides is 1. The first kappa shape index (κ1) is 19.3. The van der Waals surface area contributed by atoms with Crippen LogP contribution in [0.4, 0.5) is 4.39 Å². The van der Waals surface area contributed by atoms with Gasteiger partial charge in [-0.1, -0.05) is 6.07 Å². The Kier molecular flexibility index (Phi) is 4.92. The van der Waals surface area contributed by atoms with E-state index in [1.54, 1.807) is 0 Å². The number of aromatic nitrogens is 3. The summed E-state index contributed by atoms with van der Waals surface area (Å²) in [5, 5.41) is 0. The van der Waals surface area contributed by atoms with Crippen molar-refractivity contribution in [2.24, 2.45) is 0 Å². The summed E-state index contributed by atoms with van der Waals surface area (Å²) in [6, 6.07) is 5.75. The quantitative estimate of drug-likeness (QED) is 0.581. The lowest BCUT2D eigenvalue weighted by Crippen LogP contribution is -2.49. The molecule has 3 N–H and O–H groups in total. The van der Waals surface area contributed by atoms with Crippen LogP contribution in [0.3, 0.4) is 0 Å². The highest BCUT2D eigenvalue weighted by Gasteiger charge is 2.29. The van der Waals surface area contributed by atoms with Gasteiger partial charge in [-0.15, -0.1) is 0 Å². The first-order valence-electron chi connectivity index (χ1n) is 8.98. The van der Waals surface area contributed by atoms with E-state index in [1.165, 1.54) is 35.4 Å². The van der Waals surface area contributed by atoms with Gasteiger partial charge in [-0.3, -0.25) is 9.78 Å². The summed E-state index contributed by atoms with van der Waals surface area (Å²) >= 11 is 0. The van der Waals surface area contributed by atoms with E-state index in [1.807, 2.05) is 0 Å². The van der Waals surface area contributed by atoms with Gasteiger partial charge in [-0.05, 0) is 37.1 Å². The van der Waals surface area contributed by atoms with Crippen LogP contribution in [-0.2, 0) is 10.0 Å². The van der Waals surface area contributed by atoms with E-state index in [4.69, 9.17) is 0 Å². The molecule has 1 aliphatic rings. The summed E-state index contributed by atoms with van der Waals surface area (Å²) in [5.41, 5.74) is 0.403. The lowest BCUT2D eigenvalue weighted by molar-refractivity contribution is 0.0705. The predicted molar refractivity (Wildman–Crippen MR) is 102 cm³/mol. The highest BCUT2D eigenvalue weighted by atomic mass is 32.2. The number of halogens is 1. The number of nitrogens with one attached hydrogen (secondary N) is 3. The van der Waals surface area contributed by atoms with Crippen molar-refractivity contribution in [1.29, 1.82) is 0 Å². The molecule has 2 aromatic heterocycles. The minimum atomic E-state index is -3.92. The Morgan fingerprint density at radius 1 is 1.28 bits per heavy atom. The molecular weight excluding hydrogens is 401 g/mol. The van der Waals surface area contributed by atoms with Crippen molar-refractivity contribution >= 4 is 27.1 Å². The molecule has 29 heavy (non-hydrogen) atoms. The number of hydrogen-bond donors (Lipinski definition) is 3. The number of imidazole rings is 1. The molecule has 3 heterocycles. The van der Waals surface area contributed by atoms with Crippen molar-refractivity contribution < 1.29 is 17.6 Å². The van der Waals surface area contributed by atoms with E-state index >= 15 is 0 Å². The number of hydrogen-bond acceptors (Lipinski definition) is 5. The number of rotatable bonds is 4. The molecule has 1 saturated heterocycles. The zero-order valence-corrected chi connectivity index (χ0v) is 16.0. The Balaban J connectivity index is 1.53. The molecule has 152 valence electrons. The molecule has 0 bridgehead atoms. The second kappa shape index (κ2) is 7.41. The Labute approximate surface area is 165 Å². The van der Waals surface area contributed by atoms with Crippen LogP contribution < -0.4 is 10.4 Å². The maximum Gasteiger partial charge on any atom is 0.325 e. The second-order valence-electron chi connectivity index (χ2n) is 6.83. The van der Waals surface area contributed by atoms with Crippen molar-refractivity contribution in [3.8, 4) is 0 Å². The third-order valence-corrected chi connectivity index (χ3v) is 6.31. The van der Waals surface area contributed by atoms with Crippen LogP contribution in [0.5, 0.6) is 0 Å². The molecule has 0 saturated carbocycles. The minimum Gasteiger partial charge on any atom is -0.337 e. The zero-order chi connectivity index (χ0) is 20.6. The molecule has 1 fully saturated rings. The number of pyridine rings is 1. The van der Waals surface area contributed by atoms with Gasteiger partial charge in [0.1, 0.15) is 5.82 Å². The number of H-pyrrole nitrogens is 2. The number of carbonyl (C=O) groups is 1. The van der Waals surface area contributed by atoms with Crippen LogP contribution in [0, 0.1) is 5.82 Å². The van der Waals surface area contributed by atoms with Crippen molar-refractivity contribution in [3.63, 3.8) is 0 Å². The van der Waals surface area contributed by atoms with Crippen LogP contribution in [0.25, 0.3) is 11.2 Å². The van der Waals surface area contributed by atoms with Crippen molar-refractivity contribution in [1.82, 2.24) is 24.6 Å². The number of benzene rings is 1. The van der Waals surface area contributed by atoms with Gasteiger partial charge in [0.2, 0.25) is 10.0 Å². The molecule has 1 unspecified atom stereocenters. The smallest absolute Gasteiger partial charge is 0.325 e. The monoisotopic (exact) mass is 419 g/mol. The maximum atomic E-state index is 13.4. The summed E-state index contributed by atoms with van der Waals surface area (Å²) in [4.78, 5) is 35.0. The Morgan fingerprint density at radius 2 is 2.10 bits per heavy atom. The molecule has 11 heteroatoms. The molecule has 0 radical (unpaired) electrons. The highest BCUT2D eigenvalue weighted by molar-refractivity contribution is 7.89. The molecule has 1 aliphatic heterocycles. The van der Waals surface area contributed by atoms with Crippen molar-refractivity contribution in [2.75, 3.05) is 13.1 Å². The fourth-order valence-electron chi connectivity index (χ4n) is 3.46. The first-order valence-corrected chi connectivity index (χ1v) is 10.5. The van der Waals surface area contributed by atoms with E-state index in [9.17, 15) is 22.4 Å². The number of piperidine rings is 1. The average molecular weight is 419 g/mol. The molecule has 0 spiro atoms. The van der Waals surface area contributed by atoms with Gasteiger partial charge in [-0.2, -0.15) is 0 Å². The minimum absolute atomic E-state index is 0.159. The van der Waals surface area contributed by atoms with Gasteiger partial charge in [0.25, 0.3) is 5.91 Å². The Morgan fingerprint density at radius 3 is 2.90 bits per heavy atom. The molecule has 1 amide bonds. The van der Waals surface area contributed by atoms with Gasteiger partial charge in [-0.25, -0.2) is 27.3 Å². The maximum absolute atomic E-state index is 13.4. The molecular formula is C18H18FN5O4S. The summed E-state index contributed by atoms with van der Waals surface area (Å²) < 4.78 is 41.0. The Bertz CT molecular complexity index is 1240. The molecule has 4 rings (SSSR count). The first-order chi connectivity index (χ1) is 13.8. The summed E-state index contributed by atoms with van der Waals surface area (Å²) in [6.07, 6.45) is 2.57. The number of nitrogens with zero attached hydrogens (tertiary/aromatic N) is 2. The SMILES string of the molecule is O=C(c1ccnc2[nH]c(=O)[nH]c12)N1CCCC(NS(=O)(=O)c2cccc(F)c2)C1. The van der Waals surface area contributed by atoms with E-state index in [2.05, 4.69) is 19.7 Å². The van der Waals surface area contributed by atoms with Crippen LogP contribution >= 0.6 is 0 Å². The van der Waals surface area contributed by atoms with E-state index in [0.29, 0.717) is 24.9 Å². The van der Waals surface area contributed by atoms with Gasteiger partial charge in [0, 0.05) is 25.3 Å².